The number of hydrogen-bond acceptors (Lipinski definition) is 3. The van der Waals surface area contributed by atoms with Crippen LogP contribution in [-0.4, -0.2) is 29.0 Å². The minimum absolute atomic E-state index is 0.783. The molecular weight excluding hydrogens is 222 g/mol. The molecule has 1 atom stereocenters. The molecule has 1 aliphatic heterocycles. The molecule has 18 heavy (non-hydrogen) atoms. The normalized spacial score (nSPS) is 20.2. The van der Waals surface area contributed by atoms with Crippen LogP contribution in [0.25, 0.3) is 0 Å². The summed E-state index contributed by atoms with van der Waals surface area (Å²) in [4.78, 5) is 6.97. The number of rotatable bonds is 6. The Bertz CT molecular complexity index is 365. The zero-order valence-corrected chi connectivity index (χ0v) is 11.7. The van der Waals surface area contributed by atoms with Crippen LogP contribution in [-0.2, 0) is 6.54 Å². The maximum atomic E-state index is 4.36. The van der Waals surface area contributed by atoms with E-state index in [2.05, 4.69) is 41.2 Å². The van der Waals surface area contributed by atoms with Crippen molar-refractivity contribution in [1.82, 2.24) is 9.88 Å². The van der Waals surface area contributed by atoms with Gasteiger partial charge in [-0.15, -0.1) is 0 Å². The van der Waals surface area contributed by atoms with Crippen LogP contribution in [0.3, 0.4) is 0 Å². The van der Waals surface area contributed by atoms with Crippen LogP contribution in [0.1, 0.15) is 45.1 Å². The third-order valence-corrected chi connectivity index (χ3v) is 3.74. The summed E-state index contributed by atoms with van der Waals surface area (Å²) in [6.07, 6.45) is 7.04. The molecule has 1 saturated heterocycles. The van der Waals surface area contributed by atoms with Gasteiger partial charge in [0.05, 0.1) is 0 Å². The van der Waals surface area contributed by atoms with E-state index in [9.17, 15) is 0 Å². The van der Waals surface area contributed by atoms with Gasteiger partial charge in [0.25, 0.3) is 0 Å². The standard InChI is InChI=1S/C15H25N3/c1-3-8-16-15-11-13(7-9-17-15)12-18-10-5-6-14(18)4-2/h7,9,11,14H,3-6,8,10,12H2,1-2H3,(H,16,17). The summed E-state index contributed by atoms with van der Waals surface area (Å²) >= 11 is 0. The zero-order valence-electron chi connectivity index (χ0n) is 11.7. The number of nitrogens with zero attached hydrogens (tertiary/aromatic N) is 2. The summed E-state index contributed by atoms with van der Waals surface area (Å²) in [7, 11) is 0. The monoisotopic (exact) mass is 247 g/mol. The van der Waals surface area contributed by atoms with E-state index in [0.29, 0.717) is 0 Å². The average molecular weight is 247 g/mol. The van der Waals surface area contributed by atoms with E-state index in [1.165, 1.54) is 31.4 Å². The van der Waals surface area contributed by atoms with Crippen molar-refractivity contribution < 1.29 is 0 Å². The lowest BCUT2D eigenvalue weighted by atomic mass is 10.1. The summed E-state index contributed by atoms with van der Waals surface area (Å²) < 4.78 is 0. The van der Waals surface area contributed by atoms with E-state index in [-0.39, 0.29) is 0 Å². The Balaban J connectivity index is 1.96. The van der Waals surface area contributed by atoms with Crippen LogP contribution >= 0.6 is 0 Å². The molecule has 2 rings (SSSR count). The van der Waals surface area contributed by atoms with Gasteiger partial charge in [-0.2, -0.15) is 0 Å². The molecule has 1 aromatic heterocycles. The third kappa shape index (κ3) is 3.45. The number of anilines is 1. The second kappa shape index (κ2) is 6.74. The molecule has 0 saturated carbocycles. The number of pyridine rings is 1. The first-order chi connectivity index (χ1) is 8.83. The molecule has 0 bridgehead atoms. The van der Waals surface area contributed by atoms with E-state index in [1.54, 1.807) is 0 Å². The lowest BCUT2D eigenvalue weighted by molar-refractivity contribution is 0.240. The Hall–Kier alpha value is -1.09. The smallest absolute Gasteiger partial charge is 0.126 e. The van der Waals surface area contributed by atoms with Crippen LogP contribution in [0.15, 0.2) is 18.3 Å². The molecule has 1 aromatic rings. The largest absolute Gasteiger partial charge is 0.370 e. The van der Waals surface area contributed by atoms with Gasteiger partial charge < -0.3 is 5.32 Å². The van der Waals surface area contributed by atoms with Crippen molar-refractivity contribution in [2.45, 2.75) is 52.1 Å². The van der Waals surface area contributed by atoms with Gasteiger partial charge in [0.15, 0.2) is 0 Å². The van der Waals surface area contributed by atoms with Crippen molar-refractivity contribution in [1.29, 1.82) is 0 Å². The van der Waals surface area contributed by atoms with Crippen molar-refractivity contribution in [3.8, 4) is 0 Å². The zero-order chi connectivity index (χ0) is 12.8. The predicted molar refractivity (Wildman–Crippen MR) is 76.7 cm³/mol. The SMILES string of the molecule is CCCNc1cc(CN2CCCC2CC)ccn1. The lowest BCUT2D eigenvalue weighted by Crippen LogP contribution is -2.28. The Morgan fingerprint density at radius 2 is 2.33 bits per heavy atom. The van der Waals surface area contributed by atoms with Crippen LogP contribution < -0.4 is 5.32 Å². The molecule has 1 aliphatic rings. The molecular formula is C15H25N3. The Morgan fingerprint density at radius 3 is 3.11 bits per heavy atom. The van der Waals surface area contributed by atoms with E-state index < -0.39 is 0 Å². The quantitative estimate of drug-likeness (QED) is 0.836. The van der Waals surface area contributed by atoms with Crippen molar-refractivity contribution in [2.75, 3.05) is 18.4 Å². The molecule has 0 amide bonds. The molecule has 0 spiro atoms. The van der Waals surface area contributed by atoms with Crippen molar-refractivity contribution in [2.24, 2.45) is 0 Å². The highest BCUT2D eigenvalue weighted by Crippen LogP contribution is 2.22. The van der Waals surface area contributed by atoms with Gasteiger partial charge >= 0.3 is 0 Å². The molecule has 2 heterocycles. The van der Waals surface area contributed by atoms with E-state index >= 15 is 0 Å². The predicted octanol–water partition coefficient (Wildman–Crippen LogP) is 3.28. The summed E-state index contributed by atoms with van der Waals surface area (Å²) in [5, 5.41) is 3.36. The van der Waals surface area contributed by atoms with Crippen LogP contribution in [0.4, 0.5) is 5.82 Å². The molecule has 3 nitrogen and oxygen atoms in total. The van der Waals surface area contributed by atoms with Crippen molar-refractivity contribution in [3.05, 3.63) is 23.9 Å². The van der Waals surface area contributed by atoms with Gasteiger partial charge in [-0.05, 0) is 49.9 Å². The molecule has 1 fully saturated rings. The Kier molecular flexibility index (Phi) is 5.00. The number of nitrogens with one attached hydrogen (secondary N) is 1. The first-order valence-corrected chi connectivity index (χ1v) is 7.26. The topological polar surface area (TPSA) is 28.2 Å². The fourth-order valence-corrected chi connectivity index (χ4v) is 2.72. The molecule has 0 aliphatic carbocycles. The fraction of sp³-hybridized carbons (Fsp3) is 0.667. The minimum Gasteiger partial charge on any atom is -0.370 e. The summed E-state index contributed by atoms with van der Waals surface area (Å²) in [5.74, 6) is 1.02. The number of likely N-dealkylation sites (tertiary alicyclic amines) is 1. The maximum Gasteiger partial charge on any atom is 0.126 e. The van der Waals surface area contributed by atoms with E-state index in [1.807, 2.05) is 6.20 Å². The highest BCUT2D eigenvalue weighted by molar-refractivity contribution is 5.37. The molecule has 0 radical (unpaired) electrons. The van der Waals surface area contributed by atoms with E-state index in [0.717, 1.165) is 31.4 Å². The summed E-state index contributed by atoms with van der Waals surface area (Å²) in [5.41, 5.74) is 1.38. The molecule has 1 N–H and O–H groups in total. The van der Waals surface area contributed by atoms with Crippen LogP contribution in [0.5, 0.6) is 0 Å². The van der Waals surface area contributed by atoms with Gasteiger partial charge in [0.1, 0.15) is 5.82 Å². The first-order valence-electron chi connectivity index (χ1n) is 7.26. The van der Waals surface area contributed by atoms with Crippen molar-refractivity contribution in [3.63, 3.8) is 0 Å². The number of aromatic nitrogens is 1. The summed E-state index contributed by atoms with van der Waals surface area (Å²) in [6, 6.07) is 5.12. The molecule has 3 heteroatoms. The summed E-state index contributed by atoms with van der Waals surface area (Å²) in [6.45, 7) is 7.79. The Labute approximate surface area is 111 Å². The third-order valence-electron chi connectivity index (χ3n) is 3.74. The van der Waals surface area contributed by atoms with E-state index in [4.69, 9.17) is 0 Å². The van der Waals surface area contributed by atoms with Gasteiger partial charge in [-0.1, -0.05) is 13.8 Å². The second-order valence-corrected chi connectivity index (χ2v) is 5.15. The Morgan fingerprint density at radius 1 is 1.44 bits per heavy atom. The van der Waals surface area contributed by atoms with Crippen LogP contribution in [0.2, 0.25) is 0 Å². The number of hydrogen-bond donors (Lipinski definition) is 1. The minimum atomic E-state index is 0.783. The van der Waals surface area contributed by atoms with Gasteiger partial charge in [-0.25, -0.2) is 4.98 Å². The van der Waals surface area contributed by atoms with Gasteiger partial charge in [-0.3, -0.25) is 4.90 Å². The first kappa shape index (κ1) is 13.3. The molecule has 100 valence electrons. The van der Waals surface area contributed by atoms with Gasteiger partial charge in [0.2, 0.25) is 0 Å². The van der Waals surface area contributed by atoms with Gasteiger partial charge in [0, 0.05) is 25.3 Å². The lowest BCUT2D eigenvalue weighted by Gasteiger charge is -2.23. The second-order valence-electron chi connectivity index (χ2n) is 5.15. The highest BCUT2D eigenvalue weighted by Gasteiger charge is 2.22. The highest BCUT2D eigenvalue weighted by atomic mass is 15.2. The van der Waals surface area contributed by atoms with Crippen molar-refractivity contribution >= 4 is 5.82 Å². The molecule has 0 aromatic carbocycles. The average Bonchev–Trinajstić information content (AvgIpc) is 2.84. The molecule has 1 unspecified atom stereocenters. The maximum absolute atomic E-state index is 4.36. The van der Waals surface area contributed by atoms with Crippen LogP contribution in [0, 0.1) is 0 Å². The fourth-order valence-electron chi connectivity index (χ4n) is 2.72.